The summed E-state index contributed by atoms with van der Waals surface area (Å²) in [5, 5.41) is 8.96. The van der Waals surface area contributed by atoms with Crippen molar-refractivity contribution < 1.29 is 9.84 Å². The van der Waals surface area contributed by atoms with Gasteiger partial charge in [0.25, 0.3) is 0 Å². The van der Waals surface area contributed by atoms with E-state index < -0.39 is 0 Å². The first-order chi connectivity index (χ1) is 7.79. The van der Waals surface area contributed by atoms with Crippen LogP contribution in [-0.2, 0) is 6.61 Å². The number of hydrogen-bond donors (Lipinski definition) is 1. The number of aromatic nitrogens is 1. The molecule has 0 aliphatic rings. The zero-order valence-electron chi connectivity index (χ0n) is 9.05. The van der Waals surface area contributed by atoms with Crippen molar-refractivity contribution in [2.24, 2.45) is 0 Å². The van der Waals surface area contributed by atoms with E-state index in [2.05, 4.69) is 4.98 Å². The van der Waals surface area contributed by atoms with Gasteiger partial charge in [0.2, 0.25) is 5.88 Å². The summed E-state index contributed by atoms with van der Waals surface area (Å²) in [6.45, 7) is 1.91. The van der Waals surface area contributed by atoms with E-state index in [4.69, 9.17) is 9.84 Å². The fourth-order valence-corrected chi connectivity index (χ4v) is 1.41. The number of aliphatic hydroxyl groups excluding tert-OH is 1. The summed E-state index contributed by atoms with van der Waals surface area (Å²) in [5.74, 6) is 1.33. The second-order valence-electron chi connectivity index (χ2n) is 3.54. The van der Waals surface area contributed by atoms with Gasteiger partial charge in [-0.2, -0.15) is 0 Å². The molecule has 0 amide bonds. The third kappa shape index (κ3) is 2.38. The van der Waals surface area contributed by atoms with E-state index in [0.717, 1.165) is 16.9 Å². The van der Waals surface area contributed by atoms with Gasteiger partial charge >= 0.3 is 0 Å². The van der Waals surface area contributed by atoms with Crippen LogP contribution >= 0.6 is 0 Å². The molecule has 0 saturated carbocycles. The number of benzene rings is 1. The molecule has 2 rings (SSSR count). The van der Waals surface area contributed by atoms with Crippen molar-refractivity contribution in [2.75, 3.05) is 0 Å². The fraction of sp³-hybridized carbons (Fsp3) is 0.154. The highest BCUT2D eigenvalue weighted by Gasteiger charge is 2.03. The highest BCUT2D eigenvalue weighted by Crippen LogP contribution is 2.22. The van der Waals surface area contributed by atoms with Gasteiger partial charge in [0.1, 0.15) is 5.75 Å². The molecule has 0 radical (unpaired) electrons. The van der Waals surface area contributed by atoms with E-state index >= 15 is 0 Å². The molecule has 0 spiro atoms. The Balaban J connectivity index is 2.22. The monoisotopic (exact) mass is 215 g/mol. The first kappa shape index (κ1) is 10.6. The minimum atomic E-state index is -0.000539. The van der Waals surface area contributed by atoms with Crippen LogP contribution in [0.5, 0.6) is 11.6 Å². The molecular formula is C13H13NO2. The maximum atomic E-state index is 8.96. The van der Waals surface area contributed by atoms with Crippen LogP contribution in [0.15, 0.2) is 42.6 Å². The molecule has 0 aliphatic carbocycles. The van der Waals surface area contributed by atoms with E-state index in [1.54, 1.807) is 6.20 Å². The van der Waals surface area contributed by atoms with E-state index in [9.17, 15) is 0 Å². The minimum absolute atomic E-state index is 0.000539. The SMILES string of the molecule is Cc1cc(CO)cnc1Oc1ccccc1. The maximum Gasteiger partial charge on any atom is 0.222 e. The van der Waals surface area contributed by atoms with Crippen molar-refractivity contribution in [3.63, 3.8) is 0 Å². The first-order valence-electron chi connectivity index (χ1n) is 5.09. The molecule has 1 aromatic carbocycles. The average Bonchev–Trinajstić information content (AvgIpc) is 2.33. The van der Waals surface area contributed by atoms with Crippen LogP contribution in [-0.4, -0.2) is 10.1 Å². The van der Waals surface area contributed by atoms with Gasteiger partial charge in [0, 0.05) is 11.8 Å². The molecule has 2 aromatic rings. The Morgan fingerprint density at radius 2 is 2.00 bits per heavy atom. The van der Waals surface area contributed by atoms with Crippen molar-refractivity contribution in [1.82, 2.24) is 4.98 Å². The summed E-state index contributed by atoms with van der Waals surface area (Å²) in [7, 11) is 0. The largest absolute Gasteiger partial charge is 0.439 e. The highest BCUT2D eigenvalue weighted by molar-refractivity contribution is 5.33. The molecule has 3 nitrogen and oxygen atoms in total. The molecule has 0 fully saturated rings. The van der Waals surface area contributed by atoms with Crippen molar-refractivity contribution in [2.45, 2.75) is 13.5 Å². The molecular weight excluding hydrogens is 202 g/mol. The average molecular weight is 215 g/mol. The summed E-state index contributed by atoms with van der Waals surface area (Å²) >= 11 is 0. The van der Waals surface area contributed by atoms with Crippen LogP contribution in [0.1, 0.15) is 11.1 Å². The highest BCUT2D eigenvalue weighted by atomic mass is 16.5. The summed E-state index contributed by atoms with van der Waals surface area (Å²) in [6.07, 6.45) is 1.62. The molecule has 0 atom stereocenters. The summed E-state index contributed by atoms with van der Waals surface area (Å²) < 4.78 is 5.62. The number of pyridine rings is 1. The molecule has 0 aliphatic heterocycles. The molecule has 1 aromatic heterocycles. The van der Waals surface area contributed by atoms with Gasteiger partial charge in [-0.1, -0.05) is 18.2 Å². The predicted molar refractivity (Wildman–Crippen MR) is 61.4 cm³/mol. The normalized spacial score (nSPS) is 10.1. The summed E-state index contributed by atoms with van der Waals surface area (Å²) in [6, 6.07) is 11.4. The van der Waals surface area contributed by atoms with E-state index in [0.29, 0.717) is 5.88 Å². The second-order valence-corrected chi connectivity index (χ2v) is 3.54. The lowest BCUT2D eigenvalue weighted by Gasteiger charge is -2.07. The molecule has 1 N–H and O–H groups in total. The Morgan fingerprint density at radius 1 is 1.25 bits per heavy atom. The number of para-hydroxylation sites is 1. The smallest absolute Gasteiger partial charge is 0.222 e. The van der Waals surface area contributed by atoms with Crippen LogP contribution in [0.3, 0.4) is 0 Å². The minimum Gasteiger partial charge on any atom is -0.439 e. The third-order valence-electron chi connectivity index (χ3n) is 2.23. The van der Waals surface area contributed by atoms with Crippen LogP contribution in [0.4, 0.5) is 0 Å². The van der Waals surface area contributed by atoms with Gasteiger partial charge in [-0.25, -0.2) is 4.98 Å². The Morgan fingerprint density at radius 3 is 2.62 bits per heavy atom. The molecule has 3 heteroatoms. The molecule has 16 heavy (non-hydrogen) atoms. The molecule has 0 saturated heterocycles. The lowest BCUT2D eigenvalue weighted by molar-refractivity contribution is 0.281. The fourth-order valence-electron chi connectivity index (χ4n) is 1.41. The topological polar surface area (TPSA) is 42.4 Å². The first-order valence-corrected chi connectivity index (χ1v) is 5.09. The Hall–Kier alpha value is -1.87. The molecule has 1 heterocycles. The van der Waals surface area contributed by atoms with E-state index in [1.807, 2.05) is 43.3 Å². The number of rotatable bonds is 3. The Kier molecular flexibility index (Phi) is 3.17. The Bertz CT molecular complexity index is 469. The van der Waals surface area contributed by atoms with E-state index in [1.165, 1.54) is 0 Å². The van der Waals surface area contributed by atoms with Gasteiger partial charge in [0.05, 0.1) is 6.61 Å². The van der Waals surface area contributed by atoms with E-state index in [-0.39, 0.29) is 6.61 Å². The molecule has 0 bridgehead atoms. The van der Waals surface area contributed by atoms with Crippen molar-refractivity contribution >= 4 is 0 Å². The summed E-state index contributed by atoms with van der Waals surface area (Å²) in [4.78, 5) is 4.16. The second kappa shape index (κ2) is 4.77. The van der Waals surface area contributed by atoms with Gasteiger partial charge in [-0.3, -0.25) is 0 Å². The van der Waals surface area contributed by atoms with Crippen molar-refractivity contribution in [3.8, 4) is 11.6 Å². The number of hydrogen-bond acceptors (Lipinski definition) is 3. The number of aliphatic hydroxyl groups is 1. The quantitative estimate of drug-likeness (QED) is 0.855. The van der Waals surface area contributed by atoms with Crippen molar-refractivity contribution in [3.05, 3.63) is 53.7 Å². The number of aryl methyl sites for hydroxylation is 1. The number of ether oxygens (including phenoxy) is 1. The summed E-state index contributed by atoms with van der Waals surface area (Å²) in [5.41, 5.74) is 1.70. The molecule has 0 unspecified atom stereocenters. The number of nitrogens with zero attached hydrogens (tertiary/aromatic N) is 1. The van der Waals surface area contributed by atoms with Gasteiger partial charge < -0.3 is 9.84 Å². The lowest BCUT2D eigenvalue weighted by atomic mass is 10.2. The predicted octanol–water partition coefficient (Wildman–Crippen LogP) is 2.67. The van der Waals surface area contributed by atoms with Crippen LogP contribution in [0, 0.1) is 6.92 Å². The van der Waals surface area contributed by atoms with Crippen LogP contribution in [0.25, 0.3) is 0 Å². The molecule has 82 valence electrons. The van der Waals surface area contributed by atoms with Gasteiger partial charge in [-0.05, 0) is 30.7 Å². The zero-order valence-corrected chi connectivity index (χ0v) is 9.05. The third-order valence-corrected chi connectivity index (χ3v) is 2.23. The van der Waals surface area contributed by atoms with Crippen LogP contribution in [0.2, 0.25) is 0 Å². The lowest BCUT2D eigenvalue weighted by Crippen LogP contribution is -1.93. The maximum absolute atomic E-state index is 8.96. The van der Waals surface area contributed by atoms with Crippen molar-refractivity contribution in [1.29, 1.82) is 0 Å². The van der Waals surface area contributed by atoms with Gasteiger partial charge in [0.15, 0.2) is 0 Å². The zero-order chi connectivity index (χ0) is 11.4. The van der Waals surface area contributed by atoms with Gasteiger partial charge in [-0.15, -0.1) is 0 Å². The van der Waals surface area contributed by atoms with Crippen LogP contribution < -0.4 is 4.74 Å². The standard InChI is InChI=1S/C13H13NO2/c1-10-7-11(9-15)8-14-13(10)16-12-5-3-2-4-6-12/h2-8,15H,9H2,1H3. The Labute approximate surface area is 94.3 Å².